The summed E-state index contributed by atoms with van der Waals surface area (Å²) in [6, 6.07) is 13.8. The number of alkyl carbamates (subject to hydrolysis) is 1. The van der Waals surface area contributed by atoms with E-state index in [2.05, 4.69) is 10.6 Å². The fraction of sp³-hybridized carbons (Fsp3) is 0.556. The molecule has 2 aromatic carbocycles. The number of nitrogens with one attached hydrogen (secondary N) is 2. The molecule has 9 nitrogen and oxygen atoms in total. The molecule has 0 fully saturated rings. The Balaban J connectivity index is 2.59. The van der Waals surface area contributed by atoms with E-state index in [1.807, 2.05) is 68.6 Å². The third-order valence-corrected chi connectivity index (χ3v) is 7.49. The van der Waals surface area contributed by atoms with Crippen LogP contribution in [0.4, 0.5) is 4.79 Å². The minimum absolute atomic E-state index is 0.210. The van der Waals surface area contributed by atoms with Crippen molar-refractivity contribution in [2.24, 2.45) is 0 Å². The predicted octanol–water partition coefficient (Wildman–Crippen LogP) is 6.38. The molecule has 0 aromatic heterocycles. The second kappa shape index (κ2) is 18.0. The molecule has 3 amide bonds. The summed E-state index contributed by atoms with van der Waals surface area (Å²) in [5.41, 5.74) is 0.845. The van der Waals surface area contributed by atoms with Crippen molar-refractivity contribution in [3.63, 3.8) is 0 Å². The van der Waals surface area contributed by atoms with Crippen LogP contribution in [0.1, 0.15) is 90.5 Å². The average Bonchev–Trinajstić information content (AvgIpc) is 2.95. The largest absolute Gasteiger partial charge is 0.458 e. The monoisotopic (exact) mass is 655 g/mol. The van der Waals surface area contributed by atoms with Crippen LogP contribution in [0, 0.1) is 6.92 Å². The quantitative estimate of drug-likeness (QED) is 0.214. The van der Waals surface area contributed by atoms with Gasteiger partial charge in [-0.15, -0.1) is 0 Å². The van der Waals surface area contributed by atoms with E-state index in [4.69, 9.17) is 9.47 Å². The maximum Gasteiger partial charge on any atom is 0.408 e. The minimum Gasteiger partial charge on any atom is -0.458 e. The van der Waals surface area contributed by atoms with Gasteiger partial charge in [-0.1, -0.05) is 73.5 Å². The van der Waals surface area contributed by atoms with Gasteiger partial charge < -0.3 is 25.0 Å². The smallest absolute Gasteiger partial charge is 0.408 e. The summed E-state index contributed by atoms with van der Waals surface area (Å²) in [6.45, 7) is 14.8. The molecule has 0 aliphatic heterocycles. The van der Waals surface area contributed by atoms with E-state index in [1.165, 1.54) is 4.90 Å². The van der Waals surface area contributed by atoms with Gasteiger partial charge in [0.2, 0.25) is 11.8 Å². The zero-order valence-corrected chi connectivity index (χ0v) is 29.8. The highest BCUT2D eigenvalue weighted by atomic mass is 32.2. The lowest BCUT2D eigenvalue weighted by Gasteiger charge is -2.35. The summed E-state index contributed by atoms with van der Waals surface area (Å²) in [4.78, 5) is 56.7. The van der Waals surface area contributed by atoms with Crippen molar-refractivity contribution >= 4 is 35.6 Å². The summed E-state index contributed by atoms with van der Waals surface area (Å²) in [5, 5.41) is 5.72. The van der Waals surface area contributed by atoms with Crippen LogP contribution in [0.2, 0.25) is 0 Å². The van der Waals surface area contributed by atoms with Gasteiger partial charge >= 0.3 is 12.1 Å². The number of unbranched alkanes of at least 4 members (excludes halogenated alkanes) is 1. The fourth-order valence-electron chi connectivity index (χ4n) is 4.82. The van der Waals surface area contributed by atoms with Gasteiger partial charge in [0.1, 0.15) is 29.3 Å². The lowest BCUT2D eigenvalue weighted by molar-refractivity contribution is -0.159. The number of aryl methyl sites for hydroxylation is 1. The van der Waals surface area contributed by atoms with E-state index in [1.54, 1.807) is 59.4 Å². The van der Waals surface area contributed by atoms with E-state index < -0.39 is 53.2 Å². The van der Waals surface area contributed by atoms with Crippen molar-refractivity contribution < 1.29 is 28.7 Å². The first-order valence-corrected chi connectivity index (χ1v) is 17.4. The van der Waals surface area contributed by atoms with Gasteiger partial charge in [-0.2, -0.15) is 11.8 Å². The third kappa shape index (κ3) is 13.4. The molecule has 46 heavy (non-hydrogen) atoms. The van der Waals surface area contributed by atoms with Gasteiger partial charge in [-0.3, -0.25) is 9.59 Å². The maximum absolute atomic E-state index is 14.5. The Morgan fingerprint density at radius 2 is 1.52 bits per heavy atom. The second-order valence-electron chi connectivity index (χ2n) is 13.5. The highest BCUT2D eigenvalue weighted by molar-refractivity contribution is 7.98. The molecule has 2 aromatic rings. The minimum atomic E-state index is -1.07. The Labute approximate surface area is 279 Å². The number of benzene rings is 2. The number of ether oxygens (including phenoxy) is 2. The highest BCUT2D eigenvalue weighted by Crippen LogP contribution is 2.26. The molecule has 10 heteroatoms. The maximum atomic E-state index is 14.5. The normalized spacial score (nSPS) is 13.6. The third-order valence-electron chi connectivity index (χ3n) is 6.84. The van der Waals surface area contributed by atoms with E-state index in [-0.39, 0.29) is 13.0 Å². The van der Waals surface area contributed by atoms with Gasteiger partial charge in [0.15, 0.2) is 0 Å². The van der Waals surface area contributed by atoms with Gasteiger partial charge in [0, 0.05) is 13.0 Å². The van der Waals surface area contributed by atoms with Gasteiger partial charge in [-0.25, -0.2) is 9.59 Å². The number of carbonyl (C=O) groups is 4. The van der Waals surface area contributed by atoms with Crippen LogP contribution in [0.25, 0.3) is 0 Å². The first-order valence-electron chi connectivity index (χ1n) is 16.0. The van der Waals surface area contributed by atoms with Crippen molar-refractivity contribution in [2.75, 3.05) is 18.6 Å². The molecule has 254 valence electrons. The van der Waals surface area contributed by atoms with Crippen LogP contribution >= 0.6 is 11.8 Å². The molecule has 2 N–H and O–H groups in total. The van der Waals surface area contributed by atoms with Gasteiger partial charge in [0.25, 0.3) is 0 Å². The van der Waals surface area contributed by atoms with Crippen molar-refractivity contribution in [3.8, 4) is 0 Å². The number of rotatable bonds is 15. The Bertz CT molecular complexity index is 1290. The standard InChI is InChI=1S/C36H53N3O6S/c1-10-11-21-39(32(41)28(20-22-46-9)38-34(43)45-36(6,7)8)30(27-19-15-16-25(2)23-27)31(40)37-29(33(42)44-35(3,4)5)24-26-17-13-12-14-18-26/h12-19,23,28-30H,10-11,20-22,24H2,1-9H3,(H,37,40)(H,38,43). The Morgan fingerprint density at radius 1 is 0.870 bits per heavy atom. The Morgan fingerprint density at radius 3 is 2.09 bits per heavy atom. The number of nitrogens with zero attached hydrogens (tertiary/aromatic N) is 1. The van der Waals surface area contributed by atoms with Crippen LogP contribution in [0.15, 0.2) is 54.6 Å². The second-order valence-corrected chi connectivity index (χ2v) is 14.5. The predicted molar refractivity (Wildman–Crippen MR) is 185 cm³/mol. The molecule has 0 aliphatic rings. The molecule has 2 rings (SSSR count). The summed E-state index contributed by atoms with van der Waals surface area (Å²) >= 11 is 1.55. The first-order chi connectivity index (χ1) is 21.5. The zero-order valence-electron chi connectivity index (χ0n) is 29.0. The molecule has 0 bridgehead atoms. The van der Waals surface area contributed by atoms with Crippen molar-refractivity contribution in [3.05, 3.63) is 71.3 Å². The fourth-order valence-corrected chi connectivity index (χ4v) is 5.29. The topological polar surface area (TPSA) is 114 Å². The van der Waals surface area contributed by atoms with Crippen molar-refractivity contribution in [2.45, 2.75) is 110 Å². The highest BCUT2D eigenvalue weighted by Gasteiger charge is 2.38. The molecule has 0 aliphatic carbocycles. The number of carbonyl (C=O) groups excluding carboxylic acids is 4. The van der Waals surface area contributed by atoms with Gasteiger partial charge in [-0.05, 0) is 84.4 Å². The van der Waals surface area contributed by atoms with E-state index in [0.717, 1.165) is 17.5 Å². The van der Waals surface area contributed by atoms with Crippen LogP contribution in [-0.2, 0) is 30.3 Å². The lowest BCUT2D eigenvalue weighted by atomic mass is 9.99. The number of amides is 3. The van der Waals surface area contributed by atoms with Gasteiger partial charge in [0.05, 0.1) is 0 Å². The molecule has 0 heterocycles. The van der Waals surface area contributed by atoms with Crippen LogP contribution < -0.4 is 10.6 Å². The summed E-state index contributed by atoms with van der Waals surface area (Å²) in [7, 11) is 0. The molecular weight excluding hydrogens is 602 g/mol. The number of thioether (sulfide) groups is 1. The zero-order chi connectivity index (χ0) is 34.5. The molecule has 0 spiro atoms. The lowest BCUT2D eigenvalue weighted by Crippen LogP contribution is -2.55. The van der Waals surface area contributed by atoms with E-state index in [0.29, 0.717) is 24.2 Å². The molecule has 3 atom stereocenters. The first kappa shape index (κ1) is 38.7. The molecule has 0 saturated carbocycles. The Kier molecular flexibility index (Phi) is 15.1. The number of esters is 1. The Hall–Kier alpha value is -3.53. The summed E-state index contributed by atoms with van der Waals surface area (Å²) in [5.74, 6) is -0.870. The molecular formula is C36H53N3O6S. The van der Waals surface area contributed by atoms with Crippen LogP contribution in [0.3, 0.4) is 0 Å². The summed E-state index contributed by atoms with van der Waals surface area (Å²) < 4.78 is 11.2. The molecule has 3 unspecified atom stereocenters. The summed E-state index contributed by atoms with van der Waals surface area (Å²) in [6.07, 6.45) is 3.18. The SMILES string of the molecule is CCCCN(C(=O)C(CCSC)NC(=O)OC(C)(C)C)C(C(=O)NC(Cc1ccccc1)C(=O)OC(C)(C)C)c1cccc(C)c1. The van der Waals surface area contributed by atoms with E-state index >= 15 is 0 Å². The van der Waals surface area contributed by atoms with Crippen molar-refractivity contribution in [1.82, 2.24) is 15.5 Å². The molecule has 0 radical (unpaired) electrons. The van der Waals surface area contributed by atoms with E-state index in [9.17, 15) is 19.2 Å². The van der Waals surface area contributed by atoms with Crippen LogP contribution in [0.5, 0.6) is 0 Å². The van der Waals surface area contributed by atoms with Crippen LogP contribution in [-0.4, -0.2) is 70.6 Å². The number of hydrogen-bond acceptors (Lipinski definition) is 7. The number of hydrogen-bond donors (Lipinski definition) is 2. The molecule has 0 saturated heterocycles. The average molecular weight is 656 g/mol. The van der Waals surface area contributed by atoms with Crippen molar-refractivity contribution in [1.29, 1.82) is 0 Å².